The van der Waals surface area contributed by atoms with Crippen molar-refractivity contribution in [3.05, 3.63) is 12.2 Å². The summed E-state index contributed by atoms with van der Waals surface area (Å²) in [6.07, 6.45) is 2.07. The van der Waals surface area contributed by atoms with Crippen molar-refractivity contribution in [2.24, 2.45) is 11.8 Å². The van der Waals surface area contributed by atoms with Gasteiger partial charge in [0, 0.05) is 6.92 Å². The third-order valence-corrected chi connectivity index (χ3v) is 2.39. The molecule has 0 saturated heterocycles. The second kappa shape index (κ2) is 6.63. The predicted octanol–water partition coefficient (Wildman–Crippen LogP) is 3.18. The summed E-state index contributed by atoms with van der Waals surface area (Å²) in [6.45, 7) is 12.2. The van der Waals surface area contributed by atoms with Crippen molar-refractivity contribution in [2.75, 3.05) is 6.61 Å². The number of hydrogen-bond acceptors (Lipinski definition) is 2. The van der Waals surface area contributed by atoms with Crippen LogP contribution < -0.4 is 0 Å². The van der Waals surface area contributed by atoms with E-state index in [1.807, 2.05) is 6.92 Å². The summed E-state index contributed by atoms with van der Waals surface area (Å²) < 4.78 is 5.03. The fraction of sp³-hybridized carbons (Fsp3) is 0.750. The third-order valence-electron chi connectivity index (χ3n) is 2.39. The minimum atomic E-state index is -0.189. The number of rotatable bonds is 6. The van der Waals surface area contributed by atoms with E-state index < -0.39 is 0 Å². The van der Waals surface area contributed by atoms with Crippen LogP contribution in [0.15, 0.2) is 12.2 Å². The Morgan fingerprint density at radius 2 is 1.93 bits per heavy atom. The quantitative estimate of drug-likeness (QED) is 0.484. The zero-order valence-corrected chi connectivity index (χ0v) is 9.80. The van der Waals surface area contributed by atoms with Gasteiger partial charge in [0.15, 0.2) is 0 Å². The lowest BCUT2D eigenvalue weighted by molar-refractivity contribution is -0.142. The third kappa shape index (κ3) is 6.70. The summed E-state index contributed by atoms with van der Waals surface area (Å²) in [4.78, 5) is 10.7. The highest BCUT2D eigenvalue weighted by Crippen LogP contribution is 2.19. The maximum atomic E-state index is 10.7. The summed E-state index contributed by atoms with van der Waals surface area (Å²) >= 11 is 0. The van der Waals surface area contributed by atoms with Crippen LogP contribution in [0.2, 0.25) is 0 Å². The average Bonchev–Trinajstić information content (AvgIpc) is 2.02. The Kier molecular flexibility index (Phi) is 6.26. The van der Waals surface area contributed by atoms with Crippen LogP contribution in [-0.2, 0) is 9.53 Å². The first-order valence-electron chi connectivity index (χ1n) is 5.21. The molecule has 0 radical (unpaired) electrons. The maximum Gasteiger partial charge on any atom is 0.302 e. The van der Waals surface area contributed by atoms with E-state index in [1.165, 1.54) is 12.5 Å². The van der Waals surface area contributed by atoms with Gasteiger partial charge in [0.25, 0.3) is 0 Å². The molecule has 0 rings (SSSR count). The molecule has 0 fully saturated rings. The fourth-order valence-electron chi connectivity index (χ4n) is 1.27. The van der Waals surface area contributed by atoms with Crippen LogP contribution in [0.4, 0.5) is 0 Å². The molecule has 0 aromatic carbocycles. The highest BCUT2D eigenvalue weighted by atomic mass is 16.5. The van der Waals surface area contributed by atoms with Crippen LogP contribution in [0.5, 0.6) is 0 Å². The standard InChI is InChI=1S/C12H22O2/c1-9(2)6-7-12(10(3)4)8-14-11(5)13/h10,12H,1,6-8H2,2-5H3/t12-/m0/s1. The zero-order valence-electron chi connectivity index (χ0n) is 9.80. The summed E-state index contributed by atoms with van der Waals surface area (Å²) in [5.74, 6) is 0.815. The molecule has 0 heterocycles. The molecule has 0 spiro atoms. The van der Waals surface area contributed by atoms with Gasteiger partial charge in [-0.3, -0.25) is 4.79 Å². The molecule has 0 amide bonds. The topological polar surface area (TPSA) is 26.3 Å². The van der Waals surface area contributed by atoms with E-state index >= 15 is 0 Å². The molecule has 2 nitrogen and oxygen atoms in total. The normalized spacial score (nSPS) is 12.6. The number of esters is 1. The molecule has 82 valence electrons. The molecule has 1 atom stereocenters. The van der Waals surface area contributed by atoms with Crippen LogP contribution in [-0.4, -0.2) is 12.6 Å². The average molecular weight is 198 g/mol. The van der Waals surface area contributed by atoms with Gasteiger partial charge in [0.1, 0.15) is 0 Å². The van der Waals surface area contributed by atoms with Gasteiger partial charge in [-0.05, 0) is 31.6 Å². The van der Waals surface area contributed by atoms with Crippen LogP contribution in [0.1, 0.15) is 40.5 Å². The monoisotopic (exact) mass is 198 g/mol. The van der Waals surface area contributed by atoms with Gasteiger partial charge in [-0.1, -0.05) is 19.4 Å². The first-order chi connectivity index (χ1) is 6.43. The van der Waals surface area contributed by atoms with Gasteiger partial charge in [-0.25, -0.2) is 0 Å². The predicted molar refractivity (Wildman–Crippen MR) is 59.0 cm³/mol. The first kappa shape index (κ1) is 13.2. The van der Waals surface area contributed by atoms with E-state index in [9.17, 15) is 4.79 Å². The zero-order chi connectivity index (χ0) is 11.1. The minimum absolute atomic E-state index is 0.189. The largest absolute Gasteiger partial charge is 0.466 e. The lowest BCUT2D eigenvalue weighted by Crippen LogP contribution is -2.17. The smallest absolute Gasteiger partial charge is 0.302 e. The van der Waals surface area contributed by atoms with Crippen molar-refractivity contribution < 1.29 is 9.53 Å². The highest BCUT2D eigenvalue weighted by Gasteiger charge is 2.14. The molecule has 14 heavy (non-hydrogen) atoms. The Hall–Kier alpha value is -0.790. The fourth-order valence-corrected chi connectivity index (χ4v) is 1.27. The molecule has 2 heteroatoms. The van der Waals surface area contributed by atoms with Crippen LogP contribution in [0.25, 0.3) is 0 Å². The number of carbonyl (C=O) groups excluding carboxylic acids is 1. The van der Waals surface area contributed by atoms with Crippen LogP contribution in [0, 0.1) is 11.8 Å². The van der Waals surface area contributed by atoms with Gasteiger partial charge in [0.2, 0.25) is 0 Å². The number of ether oxygens (including phenoxy) is 1. The van der Waals surface area contributed by atoms with E-state index in [0.29, 0.717) is 18.4 Å². The van der Waals surface area contributed by atoms with Gasteiger partial charge in [-0.15, -0.1) is 6.58 Å². The molecule has 0 bridgehead atoms. The van der Waals surface area contributed by atoms with Crippen LogP contribution >= 0.6 is 0 Å². The van der Waals surface area contributed by atoms with E-state index in [4.69, 9.17) is 4.74 Å². The Balaban J connectivity index is 3.89. The number of carbonyl (C=O) groups is 1. The van der Waals surface area contributed by atoms with Crippen molar-refractivity contribution in [1.82, 2.24) is 0 Å². The Labute approximate surface area is 87.3 Å². The molecular formula is C12H22O2. The molecule has 0 aliphatic rings. The van der Waals surface area contributed by atoms with Gasteiger partial charge in [0.05, 0.1) is 6.61 Å². The van der Waals surface area contributed by atoms with Gasteiger partial charge in [-0.2, -0.15) is 0 Å². The Bertz CT molecular complexity index is 176. The lowest BCUT2D eigenvalue weighted by Gasteiger charge is -2.20. The SMILES string of the molecule is C=C(C)CC[C@@H](COC(C)=O)C(C)C. The second-order valence-electron chi connectivity index (χ2n) is 4.30. The summed E-state index contributed by atoms with van der Waals surface area (Å²) in [5, 5.41) is 0. The molecular weight excluding hydrogens is 176 g/mol. The number of hydrogen-bond donors (Lipinski definition) is 0. The second-order valence-corrected chi connectivity index (χ2v) is 4.30. The van der Waals surface area contributed by atoms with Crippen molar-refractivity contribution in [1.29, 1.82) is 0 Å². The molecule has 0 unspecified atom stereocenters. The molecule has 0 aliphatic carbocycles. The molecule has 0 aromatic rings. The molecule has 0 N–H and O–H groups in total. The first-order valence-corrected chi connectivity index (χ1v) is 5.21. The van der Waals surface area contributed by atoms with E-state index in [-0.39, 0.29) is 5.97 Å². The van der Waals surface area contributed by atoms with Gasteiger partial charge >= 0.3 is 5.97 Å². The van der Waals surface area contributed by atoms with Crippen molar-refractivity contribution in [2.45, 2.75) is 40.5 Å². The van der Waals surface area contributed by atoms with Crippen molar-refractivity contribution in [3.63, 3.8) is 0 Å². The summed E-state index contributed by atoms with van der Waals surface area (Å²) in [5.41, 5.74) is 1.19. The van der Waals surface area contributed by atoms with E-state index in [2.05, 4.69) is 20.4 Å². The lowest BCUT2D eigenvalue weighted by atomic mass is 9.91. The maximum absolute atomic E-state index is 10.7. The highest BCUT2D eigenvalue weighted by molar-refractivity contribution is 5.65. The van der Waals surface area contributed by atoms with Crippen molar-refractivity contribution >= 4 is 5.97 Å². The summed E-state index contributed by atoms with van der Waals surface area (Å²) in [6, 6.07) is 0. The number of allylic oxidation sites excluding steroid dienone is 1. The van der Waals surface area contributed by atoms with Crippen LogP contribution in [0.3, 0.4) is 0 Å². The van der Waals surface area contributed by atoms with Crippen molar-refractivity contribution in [3.8, 4) is 0 Å². The molecule has 0 saturated carbocycles. The minimum Gasteiger partial charge on any atom is -0.466 e. The Morgan fingerprint density at radius 1 is 1.36 bits per heavy atom. The van der Waals surface area contributed by atoms with Gasteiger partial charge < -0.3 is 4.74 Å². The summed E-state index contributed by atoms with van der Waals surface area (Å²) in [7, 11) is 0. The van der Waals surface area contributed by atoms with E-state index in [1.54, 1.807) is 0 Å². The Morgan fingerprint density at radius 3 is 2.29 bits per heavy atom. The molecule has 0 aromatic heterocycles. The molecule has 0 aliphatic heterocycles. The van der Waals surface area contributed by atoms with E-state index in [0.717, 1.165) is 12.8 Å².